The maximum Gasteiger partial charge on any atom is 0.115 e. The van der Waals surface area contributed by atoms with E-state index >= 15 is 0 Å². The molecule has 0 saturated carbocycles. The van der Waals surface area contributed by atoms with Crippen LogP contribution in [0.1, 0.15) is 37.8 Å². The molecule has 3 heteroatoms. The van der Waals surface area contributed by atoms with E-state index in [0.717, 1.165) is 19.3 Å². The van der Waals surface area contributed by atoms with Gasteiger partial charge < -0.3 is 10.8 Å². The van der Waals surface area contributed by atoms with Crippen molar-refractivity contribution in [3.63, 3.8) is 0 Å². The van der Waals surface area contributed by atoms with E-state index in [1.165, 1.54) is 16.0 Å². The Labute approximate surface area is 143 Å². The first-order chi connectivity index (χ1) is 11.1. The van der Waals surface area contributed by atoms with Crippen LogP contribution >= 0.6 is 11.8 Å². The van der Waals surface area contributed by atoms with E-state index in [1.54, 1.807) is 6.07 Å². The van der Waals surface area contributed by atoms with Crippen molar-refractivity contribution in [1.82, 2.24) is 0 Å². The maximum absolute atomic E-state index is 9.95. The number of phenolic OH excluding ortho intramolecular Hbond substituents is 1. The molecule has 1 aliphatic carbocycles. The molecule has 0 aromatic heterocycles. The van der Waals surface area contributed by atoms with Gasteiger partial charge in [-0.15, -0.1) is 11.8 Å². The lowest BCUT2D eigenvalue weighted by atomic mass is 9.63. The summed E-state index contributed by atoms with van der Waals surface area (Å²) in [6.07, 6.45) is 2.94. The van der Waals surface area contributed by atoms with Gasteiger partial charge in [0.15, 0.2) is 0 Å². The molecule has 23 heavy (non-hydrogen) atoms. The van der Waals surface area contributed by atoms with Gasteiger partial charge in [-0.1, -0.05) is 38.1 Å². The van der Waals surface area contributed by atoms with E-state index in [4.69, 9.17) is 5.73 Å². The van der Waals surface area contributed by atoms with Gasteiger partial charge >= 0.3 is 0 Å². The number of hydrogen-bond acceptors (Lipinski definition) is 3. The minimum Gasteiger partial charge on any atom is -0.508 e. The SMILES string of the molecule is CCC1(CC)c2cc(O)ccc2CC(Sc2ccccc2)C1N. The molecule has 0 spiro atoms. The van der Waals surface area contributed by atoms with Gasteiger partial charge in [-0.05, 0) is 54.7 Å². The zero-order valence-corrected chi connectivity index (χ0v) is 14.6. The summed E-state index contributed by atoms with van der Waals surface area (Å²) in [5.74, 6) is 0.344. The van der Waals surface area contributed by atoms with Crippen molar-refractivity contribution in [2.45, 2.75) is 54.7 Å². The quantitative estimate of drug-likeness (QED) is 0.869. The van der Waals surface area contributed by atoms with E-state index in [9.17, 15) is 5.11 Å². The Bertz CT molecular complexity index is 667. The van der Waals surface area contributed by atoms with Crippen LogP contribution in [-0.2, 0) is 11.8 Å². The lowest BCUT2D eigenvalue weighted by molar-refractivity contribution is 0.290. The largest absolute Gasteiger partial charge is 0.508 e. The van der Waals surface area contributed by atoms with E-state index in [2.05, 4.69) is 44.2 Å². The molecule has 1 aliphatic rings. The number of fused-ring (bicyclic) bond motifs is 1. The minimum absolute atomic E-state index is 0.0568. The third kappa shape index (κ3) is 2.88. The minimum atomic E-state index is -0.0568. The van der Waals surface area contributed by atoms with Crippen molar-refractivity contribution in [3.05, 3.63) is 59.7 Å². The van der Waals surface area contributed by atoms with Crippen molar-refractivity contribution in [1.29, 1.82) is 0 Å². The van der Waals surface area contributed by atoms with E-state index in [1.807, 2.05) is 23.9 Å². The Morgan fingerprint density at radius 1 is 1.13 bits per heavy atom. The van der Waals surface area contributed by atoms with Crippen molar-refractivity contribution in [3.8, 4) is 5.75 Å². The van der Waals surface area contributed by atoms with Gasteiger partial charge in [-0.25, -0.2) is 0 Å². The summed E-state index contributed by atoms with van der Waals surface area (Å²) in [6, 6.07) is 16.4. The van der Waals surface area contributed by atoms with Crippen LogP contribution in [0.2, 0.25) is 0 Å². The highest BCUT2D eigenvalue weighted by Gasteiger charge is 2.45. The standard InChI is InChI=1S/C20H25NOS/c1-3-20(4-2)17-13-15(22)11-10-14(17)12-18(19(20)21)23-16-8-6-5-7-9-16/h5-11,13,18-19,22H,3-4,12,21H2,1-2H3. The van der Waals surface area contributed by atoms with Crippen LogP contribution in [0.15, 0.2) is 53.4 Å². The molecule has 0 saturated heterocycles. The molecular formula is C20H25NOS. The summed E-state index contributed by atoms with van der Waals surface area (Å²) in [5.41, 5.74) is 9.32. The molecule has 3 N–H and O–H groups in total. The predicted molar refractivity (Wildman–Crippen MR) is 98.1 cm³/mol. The average Bonchev–Trinajstić information content (AvgIpc) is 2.58. The smallest absolute Gasteiger partial charge is 0.115 e. The molecular weight excluding hydrogens is 302 g/mol. The third-order valence-corrected chi connectivity index (χ3v) is 6.69. The van der Waals surface area contributed by atoms with Crippen molar-refractivity contribution < 1.29 is 5.11 Å². The molecule has 0 fully saturated rings. The number of hydrogen-bond donors (Lipinski definition) is 2. The number of phenols is 1. The van der Waals surface area contributed by atoms with Crippen LogP contribution in [-0.4, -0.2) is 16.4 Å². The number of nitrogens with two attached hydrogens (primary N) is 1. The maximum atomic E-state index is 9.95. The second kappa shape index (κ2) is 6.58. The molecule has 2 aromatic rings. The van der Waals surface area contributed by atoms with Crippen LogP contribution in [0.3, 0.4) is 0 Å². The van der Waals surface area contributed by atoms with Crippen LogP contribution in [0, 0.1) is 0 Å². The lowest BCUT2D eigenvalue weighted by Gasteiger charge is -2.47. The summed E-state index contributed by atoms with van der Waals surface area (Å²) in [6.45, 7) is 4.43. The van der Waals surface area contributed by atoms with Gasteiger partial charge in [0.25, 0.3) is 0 Å². The van der Waals surface area contributed by atoms with Crippen LogP contribution < -0.4 is 5.73 Å². The molecule has 2 unspecified atom stereocenters. The Kier molecular flexibility index (Phi) is 4.69. The molecule has 0 heterocycles. The molecule has 0 amide bonds. The summed E-state index contributed by atoms with van der Waals surface area (Å²) in [7, 11) is 0. The highest BCUT2D eigenvalue weighted by atomic mass is 32.2. The molecule has 3 rings (SSSR count). The number of benzene rings is 2. The zero-order chi connectivity index (χ0) is 16.4. The molecule has 0 radical (unpaired) electrons. The predicted octanol–water partition coefficient (Wildman–Crippen LogP) is 4.49. The van der Waals surface area contributed by atoms with E-state index < -0.39 is 0 Å². The Morgan fingerprint density at radius 2 is 1.83 bits per heavy atom. The second-order valence-corrected chi connectivity index (χ2v) is 7.72. The first kappa shape index (κ1) is 16.4. The summed E-state index contributed by atoms with van der Waals surface area (Å²) in [5, 5.41) is 10.3. The summed E-state index contributed by atoms with van der Waals surface area (Å²) in [4.78, 5) is 1.27. The van der Waals surface area contributed by atoms with Crippen molar-refractivity contribution in [2.75, 3.05) is 0 Å². The fourth-order valence-corrected chi connectivity index (χ4v) is 5.31. The van der Waals surface area contributed by atoms with Crippen molar-refractivity contribution >= 4 is 11.8 Å². The molecule has 0 bridgehead atoms. The van der Waals surface area contributed by atoms with Gasteiger partial charge in [0.2, 0.25) is 0 Å². The highest BCUT2D eigenvalue weighted by molar-refractivity contribution is 8.00. The van der Waals surface area contributed by atoms with Crippen molar-refractivity contribution in [2.24, 2.45) is 5.73 Å². The third-order valence-electron chi connectivity index (χ3n) is 5.38. The van der Waals surface area contributed by atoms with Gasteiger partial charge in [0, 0.05) is 21.6 Å². The van der Waals surface area contributed by atoms with Gasteiger partial charge in [0.1, 0.15) is 5.75 Å². The summed E-state index contributed by atoms with van der Waals surface area (Å²) < 4.78 is 0. The highest BCUT2D eigenvalue weighted by Crippen LogP contribution is 2.47. The van der Waals surface area contributed by atoms with Gasteiger partial charge in [0.05, 0.1) is 0 Å². The summed E-state index contributed by atoms with van der Waals surface area (Å²) >= 11 is 1.89. The fraction of sp³-hybridized carbons (Fsp3) is 0.400. The second-order valence-electron chi connectivity index (χ2n) is 6.40. The zero-order valence-electron chi connectivity index (χ0n) is 13.8. The number of thioether (sulfide) groups is 1. The topological polar surface area (TPSA) is 46.2 Å². The van der Waals surface area contributed by atoms with Crippen LogP contribution in [0.5, 0.6) is 5.75 Å². The fourth-order valence-electron chi connectivity index (χ4n) is 3.98. The Morgan fingerprint density at radius 3 is 2.48 bits per heavy atom. The molecule has 2 nitrogen and oxygen atoms in total. The van der Waals surface area contributed by atoms with E-state index in [-0.39, 0.29) is 11.5 Å². The lowest BCUT2D eigenvalue weighted by Crippen LogP contribution is -2.54. The normalized spacial score (nSPS) is 22.6. The van der Waals surface area contributed by atoms with Crippen LogP contribution in [0.25, 0.3) is 0 Å². The van der Waals surface area contributed by atoms with Gasteiger partial charge in [-0.2, -0.15) is 0 Å². The molecule has 2 aromatic carbocycles. The first-order valence-corrected chi connectivity index (χ1v) is 9.28. The molecule has 122 valence electrons. The Hall–Kier alpha value is -1.45. The first-order valence-electron chi connectivity index (χ1n) is 8.40. The van der Waals surface area contributed by atoms with Crippen LogP contribution in [0.4, 0.5) is 0 Å². The average molecular weight is 327 g/mol. The molecule has 0 aliphatic heterocycles. The number of aromatic hydroxyl groups is 1. The van der Waals surface area contributed by atoms with E-state index in [0.29, 0.717) is 11.0 Å². The molecule has 2 atom stereocenters. The Balaban J connectivity index is 2.01. The number of rotatable bonds is 4. The van der Waals surface area contributed by atoms with Gasteiger partial charge in [-0.3, -0.25) is 0 Å². The monoisotopic (exact) mass is 327 g/mol.